The molecule has 1 fully saturated rings. The standard InChI is InChI=1S/C17H20BN2O3/c1-3-10(2)18-12-4-5-13-11(8-12)9-20(17(13)23)14-6-7-15(21)19-16(14)22/h4-5,8,10,14H,3,6-7,9H2,1-2H3,(H,19,21,22). The van der Waals surface area contributed by atoms with Gasteiger partial charge in [-0.15, -0.1) is 0 Å². The molecule has 2 atom stereocenters. The van der Waals surface area contributed by atoms with Crippen molar-refractivity contribution in [1.82, 2.24) is 10.2 Å². The van der Waals surface area contributed by atoms with E-state index in [9.17, 15) is 14.4 Å². The average Bonchev–Trinajstić information content (AvgIpc) is 2.83. The van der Waals surface area contributed by atoms with Crippen molar-refractivity contribution in [1.29, 1.82) is 0 Å². The number of nitrogens with one attached hydrogen (secondary N) is 1. The number of fused-ring (bicyclic) bond motifs is 1. The summed E-state index contributed by atoms with van der Waals surface area (Å²) in [5.41, 5.74) is 2.73. The highest BCUT2D eigenvalue weighted by Crippen LogP contribution is 2.26. The first kappa shape index (κ1) is 15.8. The van der Waals surface area contributed by atoms with Crippen LogP contribution in [0.4, 0.5) is 0 Å². The summed E-state index contributed by atoms with van der Waals surface area (Å²) in [6.07, 6.45) is 1.75. The van der Waals surface area contributed by atoms with E-state index in [4.69, 9.17) is 0 Å². The molecule has 1 aromatic carbocycles. The molecule has 2 heterocycles. The number of nitrogens with zero attached hydrogens (tertiary/aromatic N) is 1. The number of hydrogen-bond acceptors (Lipinski definition) is 3. The highest BCUT2D eigenvalue weighted by atomic mass is 16.2. The van der Waals surface area contributed by atoms with Crippen molar-refractivity contribution in [3.8, 4) is 0 Å². The molecule has 0 aliphatic carbocycles. The molecule has 0 aromatic heterocycles. The molecule has 6 heteroatoms. The van der Waals surface area contributed by atoms with Gasteiger partial charge in [0.2, 0.25) is 11.8 Å². The normalized spacial score (nSPS) is 21.9. The first-order chi connectivity index (χ1) is 11.0. The Morgan fingerprint density at radius 1 is 1.35 bits per heavy atom. The van der Waals surface area contributed by atoms with Crippen LogP contribution in [0.15, 0.2) is 18.2 Å². The zero-order valence-corrected chi connectivity index (χ0v) is 13.5. The van der Waals surface area contributed by atoms with Crippen LogP contribution in [0.25, 0.3) is 0 Å². The zero-order valence-electron chi connectivity index (χ0n) is 13.5. The van der Waals surface area contributed by atoms with Crippen LogP contribution in [0.5, 0.6) is 0 Å². The molecule has 0 bridgehead atoms. The monoisotopic (exact) mass is 311 g/mol. The van der Waals surface area contributed by atoms with Gasteiger partial charge in [-0.3, -0.25) is 19.7 Å². The van der Waals surface area contributed by atoms with Crippen LogP contribution >= 0.6 is 0 Å². The second-order valence-electron chi connectivity index (χ2n) is 6.37. The van der Waals surface area contributed by atoms with Crippen LogP contribution in [-0.4, -0.2) is 35.9 Å². The van der Waals surface area contributed by atoms with Crippen LogP contribution in [0.3, 0.4) is 0 Å². The van der Waals surface area contributed by atoms with E-state index in [1.807, 2.05) is 18.2 Å². The van der Waals surface area contributed by atoms with Crippen LogP contribution in [0.1, 0.15) is 49.0 Å². The Kier molecular flexibility index (Phi) is 4.24. The number of amides is 3. The van der Waals surface area contributed by atoms with Crippen molar-refractivity contribution in [3.63, 3.8) is 0 Å². The van der Waals surface area contributed by atoms with Gasteiger partial charge in [0.25, 0.3) is 5.91 Å². The average molecular weight is 311 g/mol. The Hall–Kier alpha value is -2.11. The fourth-order valence-corrected chi connectivity index (χ4v) is 3.14. The van der Waals surface area contributed by atoms with Gasteiger partial charge in [-0.1, -0.05) is 43.7 Å². The van der Waals surface area contributed by atoms with E-state index >= 15 is 0 Å². The van der Waals surface area contributed by atoms with E-state index in [2.05, 4.69) is 26.4 Å². The number of imide groups is 1. The van der Waals surface area contributed by atoms with Gasteiger partial charge in [0, 0.05) is 18.5 Å². The smallest absolute Gasteiger partial charge is 0.255 e. The molecule has 1 aromatic rings. The lowest BCUT2D eigenvalue weighted by atomic mass is 9.59. The molecule has 3 amide bonds. The van der Waals surface area contributed by atoms with E-state index in [0.29, 0.717) is 24.3 Å². The van der Waals surface area contributed by atoms with E-state index in [1.54, 1.807) is 4.90 Å². The number of rotatable bonds is 4. The highest BCUT2D eigenvalue weighted by Gasteiger charge is 2.38. The molecule has 1 radical (unpaired) electrons. The van der Waals surface area contributed by atoms with Crippen LogP contribution in [0, 0.1) is 0 Å². The van der Waals surface area contributed by atoms with E-state index in [-0.39, 0.29) is 24.1 Å². The molecule has 0 saturated carbocycles. The molecular weight excluding hydrogens is 291 g/mol. The number of piperidine rings is 1. The third kappa shape index (κ3) is 3.02. The van der Waals surface area contributed by atoms with Crippen molar-refractivity contribution >= 4 is 30.5 Å². The second-order valence-corrected chi connectivity index (χ2v) is 6.37. The fourth-order valence-electron chi connectivity index (χ4n) is 3.14. The Morgan fingerprint density at radius 3 is 2.83 bits per heavy atom. The van der Waals surface area contributed by atoms with Gasteiger partial charge < -0.3 is 4.90 Å². The number of carbonyl (C=O) groups excluding carboxylic acids is 3. The largest absolute Gasteiger partial charge is 0.322 e. The van der Waals surface area contributed by atoms with E-state index < -0.39 is 6.04 Å². The van der Waals surface area contributed by atoms with E-state index in [0.717, 1.165) is 17.4 Å². The maximum Gasteiger partial charge on any atom is 0.255 e. The molecule has 119 valence electrons. The molecular formula is C17H20BN2O3. The predicted molar refractivity (Wildman–Crippen MR) is 87.6 cm³/mol. The maximum atomic E-state index is 12.6. The topological polar surface area (TPSA) is 66.5 Å². The molecule has 0 spiro atoms. The summed E-state index contributed by atoms with van der Waals surface area (Å²) >= 11 is 0. The summed E-state index contributed by atoms with van der Waals surface area (Å²) in [4.78, 5) is 37.4. The van der Waals surface area contributed by atoms with Crippen molar-refractivity contribution < 1.29 is 14.4 Å². The van der Waals surface area contributed by atoms with Crippen LogP contribution in [0.2, 0.25) is 5.82 Å². The van der Waals surface area contributed by atoms with Gasteiger partial charge in [0.15, 0.2) is 7.28 Å². The lowest BCUT2D eigenvalue weighted by Crippen LogP contribution is -2.52. The van der Waals surface area contributed by atoms with Crippen molar-refractivity contribution in [2.45, 2.75) is 51.5 Å². The van der Waals surface area contributed by atoms with Gasteiger partial charge in [0.1, 0.15) is 6.04 Å². The number of benzene rings is 1. The maximum absolute atomic E-state index is 12.6. The quantitative estimate of drug-likeness (QED) is 0.666. The van der Waals surface area contributed by atoms with Gasteiger partial charge >= 0.3 is 0 Å². The van der Waals surface area contributed by atoms with Crippen LogP contribution < -0.4 is 10.8 Å². The summed E-state index contributed by atoms with van der Waals surface area (Å²) in [5, 5.41) is 2.32. The lowest BCUT2D eigenvalue weighted by molar-refractivity contribution is -0.136. The molecule has 2 aliphatic heterocycles. The molecule has 1 saturated heterocycles. The Bertz CT molecular complexity index is 674. The summed E-state index contributed by atoms with van der Waals surface area (Å²) < 4.78 is 0. The zero-order chi connectivity index (χ0) is 16.6. The van der Waals surface area contributed by atoms with E-state index in [1.165, 1.54) is 0 Å². The summed E-state index contributed by atoms with van der Waals surface area (Å²) in [5.74, 6) is -0.268. The second kappa shape index (κ2) is 6.18. The Balaban J connectivity index is 1.79. The van der Waals surface area contributed by atoms with Crippen molar-refractivity contribution in [3.05, 3.63) is 29.3 Å². The predicted octanol–water partition coefficient (Wildman–Crippen LogP) is 0.995. The molecule has 5 nitrogen and oxygen atoms in total. The first-order valence-corrected chi connectivity index (χ1v) is 8.12. The molecule has 3 rings (SSSR count). The SMILES string of the molecule is CCC(C)[B]c1ccc2c(c1)CN(C1CCC(=O)NC1=O)C2=O. The lowest BCUT2D eigenvalue weighted by Gasteiger charge is -2.29. The number of carbonyl (C=O) groups is 3. The molecule has 1 N–H and O–H groups in total. The molecule has 23 heavy (non-hydrogen) atoms. The Morgan fingerprint density at radius 2 is 2.13 bits per heavy atom. The summed E-state index contributed by atoms with van der Waals surface area (Å²) in [6, 6.07) is 5.29. The Labute approximate surface area is 136 Å². The van der Waals surface area contributed by atoms with Gasteiger partial charge in [0.05, 0.1) is 0 Å². The highest BCUT2D eigenvalue weighted by molar-refractivity contribution is 6.54. The minimum absolute atomic E-state index is 0.121. The minimum Gasteiger partial charge on any atom is -0.322 e. The molecule has 2 unspecified atom stereocenters. The van der Waals surface area contributed by atoms with Crippen molar-refractivity contribution in [2.24, 2.45) is 0 Å². The van der Waals surface area contributed by atoms with Crippen LogP contribution in [-0.2, 0) is 16.1 Å². The third-order valence-electron chi connectivity index (χ3n) is 4.67. The number of hydrogen-bond donors (Lipinski definition) is 1. The summed E-state index contributed by atoms with van der Waals surface area (Å²) in [7, 11) is 2.19. The molecule has 2 aliphatic rings. The third-order valence-corrected chi connectivity index (χ3v) is 4.67. The van der Waals surface area contributed by atoms with Gasteiger partial charge in [-0.05, 0) is 18.1 Å². The first-order valence-electron chi connectivity index (χ1n) is 8.12. The van der Waals surface area contributed by atoms with Crippen molar-refractivity contribution in [2.75, 3.05) is 0 Å². The summed E-state index contributed by atoms with van der Waals surface area (Å²) in [6.45, 7) is 4.74. The van der Waals surface area contributed by atoms with Gasteiger partial charge in [-0.2, -0.15) is 0 Å². The fraction of sp³-hybridized carbons (Fsp3) is 0.471. The van der Waals surface area contributed by atoms with Gasteiger partial charge in [-0.25, -0.2) is 0 Å². The minimum atomic E-state index is -0.547.